The molecule has 0 aromatic heterocycles. The summed E-state index contributed by atoms with van der Waals surface area (Å²) in [7, 11) is 0. The van der Waals surface area contributed by atoms with Crippen LogP contribution in [0.2, 0.25) is 0 Å². The molecule has 2 rings (SSSR count). The zero-order valence-electron chi connectivity index (χ0n) is 12.1. The third kappa shape index (κ3) is 4.53. The molecule has 1 unspecified atom stereocenters. The van der Waals surface area contributed by atoms with Crippen LogP contribution in [0.5, 0.6) is 0 Å². The Balaban J connectivity index is 1.74. The second kappa shape index (κ2) is 7.29. The first-order valence-electron chi connectivity index (χ1n) is 7.35. The fraction of sp³-hybridized carbons (Fsp3) is 0.562. The van der Waals surface area contributed by atoms with E-state index in [-0.39, 0.29) is 11.8 Å². The van der Waals surface area contributed by atoms with Crippen LogP contribution >= 0.6 is 0 Å². The minimum atomic E-state index is 0.126. The third-order valence-corrected chi connectivity index (χ3v) is 3.93. The molecule has 0 radical (unpaired) electrons. The molecule has 1 fully saturated rings. The molecule has 0 spiro atoms. The van der Waals surface area contributed by atoms with E-state index >= 15 is 0 Å². The Labute approximate surface area is 120 Å². The van der Waals surface area contributed by atoms with Crippen LogP contribution in [0.4, 0.5) is 5.69 Å². The minimum absolute atomic E-state index is 0.126. The van der Waals surface area contributed by atoms with Crippen LogP contribution in [-0.4, -0.2) is 25.7 Å². The Hall–Kier alpha value is -1.55. The molecule has 0 aliphatic carbocycles. The average Bonchev–Trinajstić information content (AvgIpc) is 2.47. The summed E-state index contributed by atoms with van der Waals surface area (Å²) in [6.07, 6.45) is 2.62. The van der Waals surface area contributed by atoms with Gasteiger partial charge >= 0.3 is 0 Å². The fourth-order valence-electron chi connectivity index (χ4n) is 2.50. The molecule has 110 valence electrons. The number of benzene rings is 1. The van der Waals surface area contributed by atoms with Gasteiger partial charge in [0.05, 0.1) is 0 Å². The summed E-state index contributed by atoms with van der Waals surface area (Å²) in [5.41, 5.74) is 7.58. The van der Waals surface area contributed by atoms with Gasteiger partial charge in [0.2, 0.25) is 5.91 Å². The molecule has 1 amide bonds. The van der Waals surface area contributed by atoms with Crippen LogP contribution in [0.15, 0.2) is 24.3 Å². The van der Waals surface area contributed by atoms with E-state index in [2.05, 4.69) is 12.2 Å². The van der Waals surface area contributed by atoms with Crippen molar-refractivity contribution >= 4 is 11.6 Å². The highest BCUT2D eigenvalue weighted by molar-refractivity contribution is 5.76. The number of anilines is 1. The second-order valence-corrected chi connectivity index (χ2v) is 5.63. The molecule has 0 saturated carbocycles. The first-order chi connectivity index (χ1) is 9.65. The zero-order chi connectivity index (χ0) is 14.4. The highest BCUT2D eigenvalue weighted by atomic mass is 16.5. The lowest BCUT2D eigenvalue weighted by atomic mass is 9.96. The van der Waals surface area contributed by atoms with E-state index in [0.29, 0.717) is 12.3 Å². The van der Waals surface area contributed by atoms with Crippen molar-refractivity contribution in [2.45, 2.75) is 32.1 Å². The molecule has 1 heterocycles. The van der Waals surface area contributed by atoms with Crippen LogP contribution in [0.1, 0.15) is 37.7 Å². The van der Waals surface area contributed by atoms with Crippen molar-refractivity contribution in [2.75, 3.05) is 25.5 Å². The lowest BCUT2D eigenvalue weighted by Gasteiger charge is -2.22. The first kappa shape index (κ1) is 14.9. The lowest BCUT2D eigenvalue weighted by molar-refractivity contribution is -0.121. The van der Waals surface area contributed by atoms with Crippen molar-refractivity contribution in [3.63, 3.8) is 0 Å². The van der Waals surface area contributed by atoms with E-state index < -0.39 is 0 Å². The van der Waals surface area contributed by atoms with Gasteiger partial charge in [-0.05, 0) is 42.4 Å². The number of nitrogens with one attached hydrogen (secondary N) is 1. The molecule has 3 N–H and O–H groups in total. The molecular weight excluding hydrogens is 252 g/mol. The predicted molar refractivity (Wildman–Crippen MR) is 80.4 cm³/mol. The maximum Gasteiger partial charge on any atom is 0.220 e. The number of amides is 1. The summed E-state index contributed by atoms with van der Waals surface area (Å²) in [5.74, 6) is 0.908. The SMILES string of the molecule is CC(CC(=O)NCC1CCOCC1)c1ccc(N)cc1. The van der Waals surface area contributed by atoms with E-state index in [4.69, 9.17) is 10.5 Å². The van der Waals surface area contributed by atoms with E-state index in [1.165, 1.54) is 0 Å². The van der Waals surface area contributed by atoms with Crippen LogP contribution in [0.25, 0.3) is 0 Å². The van der Waals surface area contributed by atoms with Gasteiger partial charge in [-0.1, -0.05) is 19.1 Å². The van der Waals surface area contributed by atoms with Crippen LogP contribution in [-0.2, 0) is 9.53 Å². The van der Waals surface area contributed by atoms with Gasteiger partial charge in [-0.3, -0.25) is 4.79 Å². The van der Waals surface area contributed by atoms with Gasteiger partial charge in [0.25, 0.3) is 0 Å². The average molecular weight is 276 g/mol. The number of nitrogens with two attached hydrogens (primary N) is 1. The molecule has 20 heavy (non-hydrogen) atoms. The number of carbonyl (C=O) groups is 1. The predicted octanol–water partition coefficient (Wildman–Crippen LogP) is 2.31. The van der Waals surface area contributed by atoms with Crippen molar-refractivity contribution in [3.8, 4) is 0 Å². The van der Waals surface area contributed by atoms with Gasteiger partial charge in [0.1, 0.15) is 0 Å². The normalized spacial score (nSPS) is 17.6. The summed E-state index contributed by atoms with van der Waals surface area (Å²) < 4.78 is 5.32. The Kier molecular flexibility index (Phi) is 5.41. The summed E-state index contributed by atoms with van der Waals surface area (Å²) in [5, 5.41) is 3.05. The summed E-state index contributed by atoms with van der Waals surface area (Å²) >= 11 is 0. The number of nitrogen functional groups attached to an aromatic ring is 1. The van der Waals surface area contributed by atoms with Gasteiger partial charge in [0.15, 0.2) is 0 Å². The maximum absolute atomic E-state index is 12.0. The highest BCUT2D eigenvalue weighted by Crippen LogP contribution is 2.20. The van der Waals surface area contributed by atoms with Crippen molar-refractivity contribution in [3.05, 3.63) is 29.8 Å². The minimum Gasteiger partial charge on any atom is -0.399 e. The molecule has 1 aromatic rings. The topological polar surface area (TPSA) is 64.3 Å². The van der Waals surface area contributed by atoms with Gasteiger partial charge < -0.3 is 15.8 Å². The van der Waals surface area contributed by atoms with Gasteiger partial charge in [-0.15, -0.1) is 0 Å². The number of hydrogen-bond donors (Lipinski definition) is 2. The van der Waals surface area contributed by atoms with Crippen LogP contribution in [0.3, 0.4) is 0 Å². The Bertz CT molecular complexity index is 425. The van der Waals surface area contributed by atoms with Crippen molar-refractivity contribution in [2.24, 2.45) is 5.92 Å². The van der Waals surface area contributed by atoms with E-state index in [0.717, 1.165) is 43.9 Å². The quantitative estimate of drug-likeness (QED) is 0.811. The Morgan fingerprint density at radius 3 is 2.65 bits per heavy atom. The third-order valence-electron chi connectivity index (χ3n) is 3.93. The molecule has 1 atom stereocenters. The summed E-state index contributed by atoms with van der Waals surface area (Å²) in [6, 6.07) is 7.75. The number of ether oxygens (including phenoxy) is 1. The molecule has 4 heteroatoms. The highest BCUT2D eigenvalue weighted by Gasteiger charge is 2.16. The standard InChI is InChI=1S/C16H24N2O2/c1-12(14-2-4-15(17)5-3-14)10-16(19)18-11-13-6-8-20-9-7-13/h2-5,12-13H,6-11,17H2,1H3,(H,18,19). The van der Waals surface area contributed by atoms with Crippen molar-refractivity contribution < 1.29 is 9.53 Å². The lowest BCUT2D eigenvalue weighted by Crippen LogP contribution is -2.32. The molecule has 1 aliphatic rings. The van der Waals surface area contributed by atoms with Gasteiger partial charge in [0, 0.05) is 31.9 Å². The number of carbonyl (C=O) groups excluding carboxylic acids is 1. The largest absolute Gasteiger partial charge is 0.399 e. The Morgan fingerprint density at radius 1 is 1.35 bits per heavy atom. The molecule has 0 bridgehead atoms. The van der Waals surface area contributed by atoms with Crippen LogP contribution in [0, 0.1) is 5.92 Å². The molecule has 1 aliphatic heterocycles. The monoisotopic (exact) mass is 276 g/mol. The van der Waals surface area contributed by atoms with E-state index in [1.807, 2.05) is 24.3 Å². The molecule has 1 saturated heterocycles. The molecule has 4 nitrogen and oxygen atoms in total. The summed E-state index contributed by atoms with van der Waals surface area (Å²) in [4.78, 5) is 12.0. The first-order valence-corrected chi connectivity index (χ1v) is 7.35. The smallest absolute Gasteiger partial charge is 0.220 e. The van der Waals surface area contributed by atoms with Crippen molar-refractivity contribution in [1.82, 2.24) is 5.32 Å². The van der Waals surface area contributed by atoms with Crippen LogP contribution < -0.4 is 11.1 Å². The van der Waals surface area contributed by atoms with Crippen molar-refractivity contribution in [1.29, 1.82) is 0 Å². The van der Waals surface area contributed by atoms with Gasteiger partial charge in [-0.2, -0.15) is 0 Å². The van der Waals surface area contributed by atoms with E-state index in [1.54, 1.807) is 0 Å². The van der Waals surface area contributed by atoms with E-state index in [9.17, 15) is 4.79 Å². The molecule has 1 aromatic carbocycles. The molecular formula is C16H24N2O2. The zero-order valence-corrected chi connectivity index (χ0v) is 12.1. The fourth-order valence-corrected chi connectivity index (χ4v) is 2.50. The number of rotatable bonds is 5. The Morgan fingerprint density at radius 2 is 2.00 bits per heavy atom. The maximum atomic E-state index is 12.0. The summed E-state index contributed by atoms with van der Waals surface area (Å²) in [6.45, 7) is 4.49. The second-order valence-electron chi connectivity index (χ2n) is 5.63. The number of hydrogen-bond acceptors (Lipinski definition) is 3. The van der Waals surface area contributed by atoms with Gasteiger partial charge in [-0.25, -0.2) is 0 Å².